The van der Waals surface area contributed by atoms with Crippen molar-refractivity contribution in [1.29, 1.82) is 0 Å². The molecule has 4 N–H and O–H groups in total. The summed E-state index contributed by atoms with van der Waals surface area (Å²) in [7, 11) is -3.72. The Bertz CT molecular complexity index is 640. The van der Waals surface area contributed by atoms with E-state index in [1.807, 2.05) is 0 Å². The molecule has 1 aliphatic rings. The first kappa shape index (κ1) is 17.9. The van der Waals surface area contributed by atoms with Gasteiger partial charge in [-0.05, 0) is 55.5 Å². The van der Waals surface area contributed by atoms with Gasteiger partial charge in [0.1, 0.15) is 0 Å². The molecule has 1 unspecified atom stereocenters. The molecule has 0 radical (unpaired) electrons. The van der Waals surface area contributed by atoms with E-state index in [1.54, 1.807) is 12.1 Å². The first-order valence-corrected chi connectivity index (χ1v) is 9.50. The van der Waals surface area contributed by atoms with Crippen molar-refractivity contribution >= 4 is 15.9 Å². The SMILES string of the molecule is CC(CC(=O)NCc1cccc(S(N)(=O)=O)c1)C1CCNCC1. The van der Waals surface area contributed by atoms with Crippen molar-refractivity contribution in [2.24, 2.45) is 17.0 Å². The van der Waals surface area contributed by atoms with Crippen LogP contribution in [0.3, 0.4) is 0 Å². The van der Waals surface area contributed by atoms with Crippen LogP contribution >= 0.6 is 0 Å². The quantitative estimate of drug-likeness (QED) is 0.719. The topological polar surface area (TPSA) is 101 Å². The summed E-state index contributed by atoms with van der Waals surface area (Å²) in [5.74, 6) is 0.942. The lowest BCUT2D eigenvalue weighted by Gasteiger charge is -2.27. The summed E-state index contributed by atoms with van der Waals surface area (Å²) in [6, 6.07) is 6.33. The highest BCUT2D eigenvalue weighted by Crippen LogP contribution is 2.24. The standard InChI is InChI=1S/C16H25N3O3S/c1-12(14-5-7-18-8-6-14)9-16(20)19-11-13-3-2-4-15(10-13)23(17,21)22/h2-4,10,12,14,18H,5-9,11H2,1H3,(H,19,20)(H2,17,21,22). The number of nitrogens with one attached hydrogen (secondary N) is 2. The third-order valence-corrected chi connectivity index (χ3v) is 5.32. The number of benzene rings is 1. The molecule has 7 heteroatoms. The van der Waals surface area contributed by atoms with Crippen LogP contribution in [0.4, 0.5) is 0 Å². The maximum atomic E-state index is 12.1. The lowest BCUT2D eigenvalue weighted by atomic mass is 9.84. The summed E-state index contributed by atoms with van der Waals surface area (Å²) in [5.41, 5.74) is 0.722. The molecule has 1 fully saturated rings. The molecule has 1 aliphatic heterocycles. The molecule has 128 valence electrons. The minimum atomic E-state index is -3.72. The van der Waals surface area contributed by atoms with E-state index in [9.17, 15) is 13.2 Å². The molecular weight excluding hydrogens is 314 g/mol. The van der Waals surface area contributed by atoms with E-state index >= 15 is 0 Å². The molecule has 2 rings (SSSR count). The number of piperidine rings is 1. The highest BCUT2D eigenvalue weighted by molar-refractivity contribution is 7.89. The van der Waals surface area contributed by atoms with E-state index in [2.05, 4.69) is 17.6 Å². The Morgan fingerprint density at radius 2 is 2.09 bits per heavy atom. The minimum Gasteiger partial charge on any atom is -0.352 e. The Balaban J connectivity index is 1.84. The number of hydrogen-bond donors (Lipinski definition) is 3. The molecule has 1 saturated heterocycles. The monoisotopic (exact) mass is 339 g/mol. The highest BCUT2D eigenvalue weighted by atomic mass is 32.2. The normalized spacial score (nSPS) is 17.7. The molecule has 6 nitrogen and oxygen atoms in total. The molecule has 0 bridgehead atoms. The second-order valence-corrected chi connectivity index (χ2v) is 7.80. The largest absolute Gasteiger partial charge is 0.352 e. The minimum absolute atomic E-state index is 0.00274. The van der Waals surface area contributed by atoms with Crippen LogP contribution in [-0.2, 0) is 21.4 Å². The van der Waals surface area contributed by atoms with E-state index in [4.69, 9.17) is 5.14 Å². The van der Waals surface area contributed by atoms with Gasteiger partial charge in [-0.2, -0.15) is 0 Å². The predicted molar refractivity (Wildman–Crippen MR) is 89.0 cm³/mol. The van der Waals surface area contributed by atoms with Crippen LogP contribution in [-0.4, -0.2) is 27.4 Å². The van der Waals surface area contributed by atoms with E-state index in [0.717, 1.165) is 31.5 Å². The first-order chi connectivity index (χ1) is 10.9. The number of sulfonamides is 1. The fraction of sp³-hybridized carbons (Fsp3) is 0.562. The van der Waals surface area contributed by atoms with Gasteiger partial charge in [-0.25, -0.2) is 13.6 Å². The van der Waals surface area contributed by atoms with Crippen LogP contribution in [0.1, 0.15) is 31.7 Å². The van der Waals surface area contributed by atoms with Gasteiger partial charge < -0.3 is 10.6 Å². The summed E-state index contributed by atoms with van der Waals surface area (Å²) < 4.78 is 22.7. The number of nitrogens with two attached hydrogens (primary N) is 1. The van der Waals surface area contributed by atoms with Gasteiger partial charge in [-0.1, -0.05) is 19.1 Å². The van der Waals surface area contributed by atoms with Gasteiger partial charge in [0.15, 0.2) is 0 Å². The Morgan fingerprint density at radius 3 is 2.74 bits per heavy atom. The summed E-state index contributed by atoms with van der Waals surface area (Å²) in [5, 5.41) is 11.3. The predicted octanol–water partition coefficient (Wildman–Crippen LogP) is 0.976. The van der Waals surface area contributed by atoms with Gasteiger partial charge >= 0.3 is 0 Å². The van der Waals surface area contributed by atoms with Gasteiger partial charge in [0.25, 0.3) is 0 Å². The fourth-order valence-corrected chi connectivity index (χ4v) is 3.56. The average molecular weight is 339 g/mol. The lowest BCUT2D eigenvalue weighted by molar-refractivity contribution is -0.122. The third-order valence-electron chi connectivity index (χ3n) is 4.41. The molecular formula is C16H25N3O3S. The second kappa shape index (κ2) is 7.90. The Morgan fingerprint density at radius 1 is 1.39 bits per heavy atom. The van der Waals surface area contributed by atoms with E-state index in [0.29, 0.717) is 24.8 Å². The zero-order valence-corrected chi connectivity index (χ0v) is 14.2. The maximum absolute atomic E-state index is 12.1. The second-order valence-electron chi connectivity index (χ2n) is 6.24. The summed E-state index contributed by atoms with van der Waals surface area (Å²) in [4.78, 5) is 12.1. The number of primary sulfonamides is 1. The Labute approximate surface area is 137 Å². The molecule has 1 heterocycles. The molecule has 0 aliphatic carbocycles. The zero-order chi connectivity index (χ0) is 16.9. The molecule has 0 saturated carbocycles. The summed E-state index contributed by atoms with van der Waals surface area (Å²) in [6.45, 7) is 4.48. The van der Waals surface area contributed by atoms with Gasteiger partial charge in [0.05, 0.1) is 4.90 Å². The van der Waals surface area contributed by atoms with Crippen LogP contribution in [0.25, 0.3) is 0 Å². The van der Waals surface area contributed by atoms with Crippen molar-refractivity contribution in [3.63, 3.8) is 0 Å². The number of carbonyl (C=O) groups is 1. The average Bonchev–Trinajstić information content (AvgIpc) is 2.53. The molecule has 23 heavy (non-hydrogen) atoms. The first-order valence-electron chi connectivity index (χ1n) is 7.95. The summed E-state index contributed by atoms with van der Waals surface area (Å²) in [6.07, 6.45) is 2.73. The molecule has 1 aromatic rings. The van der Waals surface area contributed by atoms with Crippen molar-refractivity contribution < 1.29 is 13.2 Å². The van der Waals surface area contributed by atoms with Crippen molar-refractivity contribution in [2.75, 3.05) is 13.1 Å². The van der Waals surface area contributed by atoms with Crippen LogP contribution in [0.15, 0.2) is 29.2 Å². The van der Waals surface area contributed by atoms with Gasteiger partial charge in [0.2, 0.25) is 15.9 Å². The molecule has 0 aromatic heterocycles. The fourth-order valence-electron chi connectivity index (χ4n) is 2.98. The van der Waals surface area contributed by atoms with Crippen molar-refractivity contribution in [2.45, 2.75) is 37.6 Å². The highest BCUT2D eigenvalue weighted by Gasteiger charge is 2.21. The Kier molecular flexibility index (Phi) is 6.15. The van der Waals surface area contributed by atoms with Crippen molar-refractivity contribution in [3.05, 3.63) is 29.8 Å². The van der Waals surface area contributed by atoms with Crippen LogP contribution in [0.5, 0.6) is 0 Å². The number of hydrogen-bond acceptors (Lipinski definition) is 4. The van der Waals surface area contributed by atoms with Crippen LogP contribution < -0.4 is 15.8 Å². The molecule has 1 aromatic carbocycles. The van der Waals surface area contributed by atoms with E-state index in [1.165, 1.54) is 12.1 Å². The van der Waals surface area contributed by atoms with Crippen LogP contribution in [0, 0.1) is 11.8 Å². The maximum Gasteiger partial charge on any atom is 0.238 e. The van der Waals surface area contributed by atoms with Gasteiger partial charge in [-0.15, -0.1) is 0 Å². The number of rotatable bonds is 6. The number of amides is 1. The Hall–Kier alpha value is -1.44. The third kappa shape index (κ3) is 5.60. The van der Waals surface area contributed by atoms with E-state index in [-0.39, 0.29) is 10.8 Å². The molecule has 1 atom stereocenters. The molecule has 1 amide bonds. The van der Waals surface area contributed by atoms with Crippen molar-refractivity contribution in [1.82, 2.24) is 10.6 Å². The van der Waals surface area contributed by atoms with Gasteiger partial charge in [-0.3, -0.25) is 4.79 Å². The smallest absolute Gasteiger partial charge is 0.238 e. The van der Waals surface area contributed by atoms with E-state index < -0.39 is 10.0 Å². The van der Waals surface area contributed by atoms with Crippen molar-refractivity contribution in [3.8, 4) is 0 Å². The lowest BCUT2D eigenvalue weighted by Crippen LogP contribution is -2.33. The van der Waals surface area contributed by atoms with Gasteiger partial charge in [0, 0.05) is 13.0 Å². The van der Waals surface area contributed by atoms with Crippen LogP contribution in [0.2, 0.25) is 0 Å². The summed E-state index contributed by atoms with van der Waals surface area (Å²) >= 11 is 0. The number of carbonyl (C=O) groups excluding carboxylic acids is 1. The zero-order valence-electron chi connectivity index (χ0n) is 13.4. The molecule has 0 spiro atoms.